The normalized spacial score (nSPS) is 12.2. The highest BCUT2D eigenvalue weighted by Crippen LogP contribution is 2.21. The Morgan fingerprint density at radius 3 is 3.00 bits per heavy atom. The molecular formula is C8H10ClN3S. The number of hydrogen-bond donors (Lipinski definition) is 0. The number of hydrogen-bond acceptors (Lipinski definition) is 4. The van der Waals surface area contributed by atoms with Crippen molar-refractivity contribution in [3.05, 3.63) is 9.85 Å². The van der Waals surface area contributed by atoms with Crippen LogP contribution in [0, 0.1) is 17.2 Å². The number of nitrogens with zero attached hydrogens (tertiary/aromatic N) is 3. The van der Waals surface area contributed by atoms with Crippen LogP contribution in [-0.2, 0) is 0 Å². The lowest BCUT2D eigenvalue weighted by Crippen LogP contribution is -2.23. The molecule has 1 aromatic heterocycles. The van der Waals surface area contributed by atoms with Crippen molar-refractivity contribution in [3.8, 4) is 6.07 Å². The van der Waals surface area contributed by atoms with Gasteiger partial charge in [0.1, 0.15) is 5.82 Å². The first-order valence-corrected chi connectivity index (χ1v) is 5.11. The molecule has 5 heteroatoms. The van der Waals surface area contributed by atoms with Crippen LogP contribution in [0.2, 0.25) is 4.47 Å². The minimum absolute atomic E-state index is 0.00507. The van der Waals surface area contributed by atoms with Gasteiger partial charge in [-0.25, -0.2) is 4.98 Å². The molecule has 0 aliphatic rings. The molecule has 0 amide bonds. The van der Waals surface area contributed by atoms with Gasteiger partial charge in [0.25, 0.3) is 0 Å². The molecule has 0 bridgehead atoms. The summed E-state index contributed by atoms with van der Waals surface area (Å²) in [5.74, 6) is 0.836. The molecule has 0 aromatic carbocycles. The molecule has 13 heavy (non-hydrogen) atoms. The van der Waals surface area contributed by atoms with Crippen LogP contribution in [0.4, 0.5) is 5.82 Å². The number of thiazole rings is 1. The van der Waals surface area contributed by atoms with Crippen LogP contribution in [0.15, 0.2) is 5.38 Å². The van der Waals surface area contributed by atoms with E-state index in [1.54, 1.807) is 0 Å². The van der Waals surface area contributed by atoms with Gasteiger partial charge in [0.2, 0.25) is 0 Å². The largest absolute Gasteiger partial charge is 0.358 e. The zero-order valence-electron chi connectivity index (χ0n) is 7.49. The van der Waals surface area contributed by atoms with Crippen LogP contribution >= 0.6 is 22.9 Å². The lowest BCUT2D eigenvalue weighted by atomic mass is 10.2. The van der Waals surface area contributed by atoms with Crippen LogP contribution in [-0.4, -0.2) is 18.6 Å². The van der Waals surface area contributed by atoms with Crippen molar-refractivity contribution < 1.29 is 0 Å². The fourth-order valence-electron chi connectivity index (χ4n) is 0.965. The monoisotopic (exact) mass is 215 g/mol. The Morgan fingerprint density at radius 1 is 1.85 bits per heavy atom. The minimum Gasteiger partial charge on any atom is -0.358 e. The zero-order valence-corrected chi connectivity index (χ0v) is 9.06. The lowest BCUT2D eigenvalue weighted by Gasteiger charge is -2.16. The van der Waals surface area contributed by atoms with Gasteiger partial charge in [-0.15, -0.1) is 11.3 Å². The predicted octanol–water partition coefficient (Wildman–Crippen LogP) is 2.39. The molecule has 1 heterocycles. The molecule has 0 N–H and O–H groups in total. The Bertz CT molecular complexity index is 317. The molecule has 1 rings (SSSR count). The summed E-state index contributed by atoms with van der Waals surface area (Å²) in [5.41, 5.74) is 0. The standard InChI is InChI=1S/C8H10ClN3S/c1-6(3-10)4-12(2)7-5-13-8(9)11-7/h5-6H,4H2,1-2H3. The average molecular weight is 216 g/mol. The van der Waals surface area contributed by atoms with Crippen LogP contribution in [0.5, 0.6) is 0 Å². The molecule has 3 nitrogen and oxygen atoms in total. The third-order valence-corrected chi connectivity index (χ3v) is 2.59. The second-order valence-electron chi connectivity index (χ2n) is 2.87. The maximum atomic E-state index is 8.62. The average Bonchev–Trinajstić information content (AvgIpc) is 2.51. The number of nitriles is 1. The Kier molecular flexibility index (Phi) is 3.52. The van der Waals surface area contributed by atoms with Crippen molar-refractivity contribution in [1.29, 1.82) is 5.26 Å². The number of halogens is 1. The van der Waals surface area contributed by atoms with Gasteiger partial charge in [0, 0.05) is 19.0 Å². The van der Waals surface area contributed by atoms with E-state index in [2.05, 4.69) is 11.1 Å². The highest BCUT2D eigenvalue weighted by Gasteiger charge is 2.08. The Labute approximate surface area is 86.6 Å². The fourth-order valence-corrected chi connectivity index (χ4v) is 1.77. The number of rotatable bonds is 3. The van der Waals surface area contributed by atoms with E-state index in [0.717, 1.165) is 5.82 Å². The predicted molar refractivity (Wildman–Crippen MR) is 55.2 cm³/mol. The summed E-state index contributed by atoms with van der Waals surface area (Å²) in [6.45, 7) is 2.56. The zero-order chi connectivity index (χ0) is 9.84. The third-order valence-electron chi connectivity index (χ3n) is 1.62. The molecule has 0 fully saturated rings. The van der Waals surface area contributed by atoms with Crippen molar-refractivity contribution in [2.24, 2.45) is 5.92 Å². The van der Waals surface area contributed by atoms with E-state index >= 15 is 0 Å². The van der Waals surface area contributed by atoms with Crippen LogP contribution in [0.1, 0.15) is 6.92 Å². The molecule has 70 valence electrons. The smallest absolute Gasteiger partial charge is 0.185 e. The van der Waals surface area contributed by atoms with E-state index in [-0.39, 0.29) is 5.92 Å². The summed E-state index contributed by atoms with van der Waals surface area (Å²) in [6.07, 6.45) is 0. The SMILES string of the molecule is CC(C#N)CN(C)c1csc(Cl)n1. The van der Waals surface area contributed by atoms with E-state index in [1.165, 1.54) is 11.3 Å². The Hall–Kier alpha value is -0.790. The van der Waals surface area contributed by atoms with Crippen LogP contribution in [0.3, 0.4) is 0 Å². The van der Waals surface area contributed by atoms with Crippen molar-refractivity contribution >= 4 is 28.8 Å². The summed E-state index contributed by atoms with van der Waals surface area (Å²) in [4.78, 5) is 6.03. The molecule has 0 radical (unpaired) electrons. The van der Waals surface area contributed by atoms with Gasteiger partial charge >= 0.3 is 0 Å². The summed E-state index contributed by atoms with van der Waals surface area (Å²) in [5, 5.41) is 10.5. The Balaban J connectivity index is 2.59. The highest BCUT2D eigenvalue weighted by molar-refractivity contribution is 7.14. The van der Waals surface area contributed by atoms with Gasteiger partial charge in [0.05, 0.1) is 12.0 Å². The summed E-state index contributed by atoms with van der Waals surface area (Å²) < 4.78 is 0.534. The van der Waals surface area contributed by atoms with Crippen molar-refractivity contribution in [2.45, 2.75) is 6.92 Å². The first kappa shape index (κ1) is 10.3. The highest BCUT2D eigenvalue weighted by atomic mass is 35.5. The molecule has 1 unspecified atom stereocenters. The molecular weight excluding hydrogens is 206 g/mol. The first-order chi connectivity index (χ1) is 6.13. The van der Waals surface area contributed by atoms with E-state index in [9.17, 15) is 0 Å². The van der Waals surface area contributed by atoms with E-state index in [4.69, 9.17) is 16.9 Å². The second kappa shape index (κ2) is 4.45. The third kappa shape index (κ3) is 2.87. The molecule has 0 aliphatic heterocycles. The van der Waals surface area contributed by atoms with Crippen LogP contribution in [0.25, 0.3) is 0 Å². The van der Waals surface area contributed by atoms with Crippen molar-refractivity contribution in [3.63, 3.8) is 0 Å². The van der Waals surface area contributed by atoms with Crippen molar-refractivity contribution in [1.82, 2.24) is 4.98 Å². The number of aromatic nitrogens is 1. The minimum atomic E-state index is 0.00507. The van der Waals surface area contributed by atoms with Gasteiger partial charge in [-0.1, -0.05) is 11.6 Å². The first-order valence-electron chi connectivity index (χ1n) is 3.85. The van der Waals surface area contributed by atoms with Gasteiger partial charge in [0.15, 0.2) is 4.47 Å². The summed E-state index contributed by atoms with van der Waals surface area (Å²) in [6, 6.07) is 2.17. The summed E-state index contributed by atoms with van der Waals surface area (Å²) in [7, 11) is 1.90. The molecule has 0 saturated heterocycles. The van der Waals surface area contributed by atoms with Crippen LogP contribution < -0.4 is 4.90 Å². The van der Waals surface area contributed by atoms with Gasteiger partial charge < -0.3 is 4.90 Å². The number of anilines is 1. The van der Waals surface area contributed by atoms with Crippen molar-refractivity contribution in [2.75, 3.05) is 18.5 Å². The van der Waals surface area contributed by atoms with Gasteiger partial charge in [-0.2, -0.15) is 5.26 Å². The molecule has 1 atom stereocenters. The van der Waals surface area contributed by atoms with E-state index in [1.807, 2.05) is 24.3 Å². The molecule has 0 spiro atoms. The maximum Gasteiger partial charge on any atom is 0.185 e. The molecule has 1 aromatic rings. The van der Waals surface area contributed by atoms with Gasteiger partial charge in [-0.3, -0.25) is 0 Å². The topological polar surface area (TPSA) is 39.9 Å². The second-order valence-corrected chi connectivity index (χ2v) is 4.31. The van der Waals surface area contributed by atoms with Gasteiger partial charge in [-0.05, 0) is 6.92 Å². The Morgan fingerprint density at radius 2 is 2.54 bits per heavy atom. The maximum absolute atomic E-state index is 8.62. The molecule has 0 aliphatic carbocycles. The quantitative estimate of drug-likeness (QED) is 0.778. The lowest BCUT2D eigenvalue weighted by molar-refractivity contribution is 0.711. The van der Waals surface area contributed by atoms with E-state index < -0.39 is 0 Å². The summed E-state index contributed by atoms with van der Waals surface area (Å²) >= 11 is 7.09. The molecule has 0 saturated carbocycles. The van der Waals surface area contributed by atoms with E-state index in [0.29, 0.717) is 11.0 Å². The fraction of sp³-hybridized carbons (Fsp3) is 0.500.